The van der Waals surface area contributed by atoms with Gasteiger partial charge in [-0.25, -0.2) is 0 Å². The smallest absolute Gasteiger partial charge is 0.543 e. The molecule has 1 aromatic heterocycles. The number of carbonyl (C=O) groups excluding carboxylic acids is 4. The molecule has 1 aromatic rings. The van der Waals surface area contributed by atoms with Gasteiger partial charge in [0.25, 0.3) is 5.91 Å². The molecule has 0 saturated carbocycles. The number of esters is 1. The van der Waals surface area contributed by atoms with Crippen LogP contribution in [0.2, 0.25) is 0 Å². The van der Waals surface area contributed by atoms with Crippen LogP contribution >= 0.6 is 23.5 Å². The number of rotatable bonds is 7. The first-order valence-electron chi connectivity index (χ1n) is 8.22. The number of fused-ring (bicyclic) bond motifs is 1. The minimum Gasteiger partial charge on any atom is -0.543 e. The number of aliphatic carboxylic acids is 1. The fourth-order valence-corrected chi connectivity index (χ4v) is 4.79. The minimum atomic E-state index is -1.51. The number of β-lactam (4-membered cyclic amide) rings is 1. The third-order valence-corrected chi connectivity index (χ3v) is 6.38. The summed E-state index contributed by atoms with van der Waals surface area (Å²) in [5.74, 6) is -2.55. The van der Waals surface area contributed by atoms with Gasteiger partial charge in [0.1, 0.15) is 18.0 Å². The van der Waals surface area contributed by atoms with Crippen molar-refractivity contribution in [2.45, 2.75) is 23.2 Å². The summed E-state index contributed by atoms with van der Waals surface area (Å²) in [5, 5.41) is 13.6. The Labute approximate surface area is 197 Å². The minimum absolute atomic E-state index is 0. The van der Waals surface area contributed by atoms with Crippen LogP contribution in [0.3, 0.4) is 0 Å². The van der Waals surface area contributed by atoms with E-state index in [1.165, 1.54) is 30.4 Å². The van der Waals surface area contributed by atoms with E-state index in [1.54, 1.807) is 24.5 Å². The number of carboxylic acids is 1. The van der Waals surface area contributed by atoms with Crippen molar-refractivity contribution in [2.24, 2.45) is 0 Å². The van der Waals surface area contributed by atoms with E-state index >= 15 is 0 Å². The molecule has 0 aromatic carbocycles. The Balaban J connectivity index is 0.00000300. The van der Waals surface area contributed by atoms with Crippen molar-refractivity contribution < 1.29 is 58.6 Å². The summed E-state index contributed by atoms with van der Waals surface area (Å²) in [4.78, 5) is 53.0. The number of hydrogen-bond donors (Lipinski definition) is 1. The van der Waals surface area contributed by atoms with E-state index in [4.69, 9.17) is 4.74 Å². The van der Waals surface area contributed by atoms with Gasteiger partial charge in [0.2, 0.25) is 5.91 Å². The molecule has 29 heavy (non-hydrogen) atoms. The van der Waals surface area contributed by atoms with Crippen LogP contribution in [0.5, 0.6) is 0 Å². The number of pyridine rings is 1. The Morgan fingerprint density at radius 2 is 2.07 bits per heavy atom. The molecule has 0 spiro atoms. The van der Waals surface area contributed by atoms with Crippen molar-refractivity contribution in [2.75, 3.05) is 18.1 Å². The van der Waals surface area contributed by atoms with Gasteiger partial charge in [0, 0.05) is 35.5 Å². The Morgan fingerprint density at radius 1 is 1.38 bits per heavy atom. The number of carboxylic acid groups (broad SMARTS) is 1. The maximum absolute atomic E-state index is 12.5. The van der Waals surface area contributed by atoms with Crippen LogP contribution in [0.1, 0.15) is 6.92 Å². The standard InChI is InChI=1S/C17H17N3O6S2.Na/c1-9(21)26-6-10-7-28-16-13(15(23)20(16)14(10)17(24)25)19-12(22)8-27-11-2-4-18-5-3-11;/h2-5,13,16H,6-8H2,1H3,(H,19,22)(H,24,25);/q;+1/p-1. The molecule has 2 atom stereocenters. The third-order valence-electron chi connectivity index (χ3n) is 4.03. The van der Waals surface area contributed by atoms with Gasteiger partial charge in [-0.2, -0.15) is 0 Å². The van der Waals surface area contributed by atoms with Crippen LogP contribution in [-0.2, 0) is 23.9 Å². The van der Waals surface area contributed by atoms with Crippen molar-refractivity contribution in [1.29, 1.82) is 0 Å². The SMILES string of the molecule is CC(=O)OCC1=C(C(=O)[O-])N2C(=O)C(NC(=O)CSc3ccncc3)C2SC1.[Na+]. The number of thioether (sulfide) groups is 2. The number of nitrogens with zero attached hydrogens (tertiary/aromatic N) is 2. The molecule has 12 heteroatoms. The van der Waals surface area contributed by atoms with E-state index in [0.717, 1.165) is 9.80 Å². The zero-order chi connectivity index (χ0) is 20.3. The van der Waals surface area contributed by atoms with E-state index in [1.807, 2.05) is 0 Å². The molecule has 148 valence electrons. The number of amides is 2. The van der Waals surface area contributed by atoms with Gasteiger partial charge in [-0.15, -0.1) is 23.5 Å². The molecule has 3 rings (SSSR count). The maximum atomic E-state index is 12.5. The predicted octanol–water partition coefficient (Wildman–Crippen LogP) is -3.86. The van der Waals surface area contributed by atoms with Gasteiger partial charge in [-0.1, -0.05) is 0 Å². The van der Waals surface area contributed by atoms with Gasteiger partial charge in [0.15, 0.2) is 0 Å². The Morgan fingerprint density at radius 3 is 2.69 bits per heavy atom. The zero-order valence-electron chi connectivity index (χ0n) is 15.7. The fourth-order valence-electron chi connectivity index (χ4n) is 2.77. The summed E-state index contributed by atoms with van der Waals surface area (Å²) in [6.45, 7) is 0.990. The van der Waals surface area contributed by atoms with Crippen molar-refractivity contribution in [1.82, 2.24) is 15.2 Å². The normalized spacial score (nSPS) is 20.2. The number of carbonyl (C=O) groups is 4. The quantitative estimate of drug-likeness (QED) is 0.194. The second-order valence-corrected chi connectivity index (χ2v) is 8.10. The molecule has 0 aliphatic carbocycles. The van der Waals surface area contributed by atoms with Crippen LogP contribution in [-0.4, -0.2) is 63.2 Å². The number of ether oxygens (including phenoxy) is 1. The van der Waals surface area contributed by atoms with E-state index < -0.39 is 29.3 Å². The fraction of sp³-hybridized carbons (Fsp3) is 0.353. The van der Waals surface area contributed by atoms with Gasteiger partial charge in [-0.05, 0) is 12.1 Å². The molecule has 3 heterocycles. The molecule has 0 radical (unpaired) electrons. The molecule has 0 bridgehead atoms. The largest absolute Gasteiger partial charge is 1.00 e. The van der Waals surface area contributed by atoms with E-state index in [9.17, 15) is 24.3 Å². The van der Waals surface area contributed by atoms with E-state index in [-0.39, 0.29) is 59.3 Å². The first-order valence-corrected chi connectivity index (χ1v) is 10.3. The van der Waals surface area contributed by atoms with Crippen LogP contribution in [0, 0.1) is 0 Å². The molecule has 2 aliphatic rings. The number of hydrogen-bond acceptors (Lipinski definition) is 9. The topological polar surface area (TPSA) is 129 Å². The Bertz CT molecular complexity index is 851. The zero-order valence-corrected chi connectivity index (χ0v) is 19.4. The Kier molecular flexibility index (Phi) is 8.58. The van der Waals surface area contributed by atoms with Crippen LogP contribution in [0.25, 0.3) is 0 Å². The van der Waals surface area contributed by atoms with Gasteiger partial charge in [0.05, 0.1) is 17.4 Å². The monoisotopic (exact) mass is 445 g/mol. The molecule has 1 N–H and O–H groups in total. The van der Waals surface area contributed by atoms with Crippen molar-refractivity contribution in [3.05, 3.63) is 35.8 Å². The van der Waals surface area contributed by atoms with Gasteiger partial charge >= 0.3 is 35.5 Å². The molecular formula is C17H16N3NaO6S2. The summed E-state index contributed by atoms with van der Waals surface area (Å²) < 4.78 is 4.85. The van der Waals surface area contributed by atoms with Crippen LogP contribution in [0.15, 0.2) is 40.7 Å². The molecule has 1 fully saturated rings. The summed E-state index contributed by atoms with van der Waals surface area (Å²) in [6, 6.07) is 2.74. The maximum Gasteiger partial charge on any atom is 1.00 e. The van der Waals surface area contributed by atoms with Crippen molar-refractivity contribution >= 4 is 47.3 Å². The van der Waals surface area contributed by atoms with Gasteiger partial charge < -0.3 is 20.0 Å². The summed E-state index contributed by atoms with van der Waals surface area (Å²) in [6.07, 6.45) is 3.24. The molecule has 2 aliphatic heterocycles. The second-order valence-electron chi connectivity index (χ2n) is 5.95. The van der Waals surface area contributed by atoms with Gasteiger partial charge in [-0.3, -0.25) is 24.3 Å². The predicted molar refractivity (Wildman–Crippen MR) is 98.6 cm³/mol. The van der Waals surface area contributed by atoms with Crippen LogP contribution < -0.4 is 40.0 Å². The summed E-state index contributed by atoms with van der Waals surface area (Å²) in [7, 11) is 0. The van der Waals surface area contributed by atoms with Crippen LogP contribution in [0.4, 0.5) is 0 Å². The third kappa shape index (κ3) is 5.54. The average Bonchev–Trinajstić information content (AvgIpc) is 2.68. The molecule has 9 nitrogen and oxygen atoms in total. The molecule has 1 saturated heterocycles. The van der Waals surface area contributed by atoms with Crippen molar-refractivity contribution in [3.63, 3.8) is 0 Å². The summed E-state index contributed by atoms with van der Waals surface area (Å²) >= 11 is 2.60. The number of aromatic nitrogens is 1. The number of nitrogens with one attached hydrogen (secondary N) is 1. The Hall–Kier alpha value is -1.53. The molecule has 2 amide bonds. The first-order chi connectivity index (χ1) is 13.4. The van der Waals surface area contributed by atoms with E-state index in [2.05, 4.69) is 10.3 Å². The van der Waals surface area contributed by atoms with Crippen molar-refractivity contribution in [3.8, 4) is 0 Å². The van der Waals surface area contributed by atoms with E-state index in [0.29, 0.717) is 5.57 Å². The average molecular weight is 445 g/mol. The summed E-state index contributed by atoms with van der Waals surface area (Å²) in [5.41, 5.74) is 0.00878. The molecule has 2 unspecified atom stereocenters. The second kappa shape index (κ2) is 10.5. The first kappa shape index (κ1) is 23.7. The molecular weight excluding hydrogens is 429 g/mol.